The number of aryl methyl sites for hydroxylation is 1. The van der Waals surface area contributed by atoms with Gasteiger partial charge < -0.3 is 14.8 Å². The molecule has 1 fully saturated rings. The first-order chi connectivity index (χ1) is 8.69. The molecule has 0 bridgehead atoms. The monoisotopic (exact) mass is 253 g/mol. The number of nitrogens with one attached hydrogen (secondary N) is 1. The van der Waals surface area contributed by atoms with E-state index < -0.39 is 0 Å². The van der Waals surface area contributed by atoms with Crippen LogP contribution in [0.1, 0.15) is 31.9 Å². The minimum absolute atomic E-state index is 0.158. The molecule has 1 aromatic rings. The zero-order valence-corrected chi connectivity index (χ0v) is 11.5. The molecule has 0 aliphatic carbocycles. The molecular formula is C13H23N3O2. The summed E-state index contributed by atoms with van der Waals surface area (Å²) in [5.41, 5.74) is 1.05. The van der Waals surface area contributed by atoms with Gasteiger partial charge in [0.1, 0.15) is 5.60 Å². The van der Waals surface area contributed by atoms with Crippen LogP contribution in [0.2, 0.25) is 0 Å². The Labute approximate surface area is 108 Å². The summed E-state index contributed by atoms with van der Waals surface area (Å²) in [5.74, 6) is 0. The van der Waals surface area contributed by atoms with Crippen LogP contribution in [-0.2, 0) is 16.0 Å². The molecule has 5 nitrogen and oxygen atoms in total. The molecule has 1 aliphatic heterocycles. The minimum atomic E-state index is -0.158. The normalized spacial score (nSPS) is 25.5. The lowest BCUT2D eigenvalue weighted by molar-refractivity contribution is -0.0172. The number of rotatable bonds is 6. The fourth-order valence-corrected chi connectivity index (χ4v) is 2.19. The van der Waals surface area contributed by atoms with Crippen LogP contribution < -0.4 is 5.32 Å². The van der Waals surface area contributed by atoms with Gasteiger partial charge in [-0.15, -0.1) is 0 Å². The van der Waals surface area contributed by atoms with Crippen molar-refractivity contribution in [3.05, 3.63) is 18.0 Å². The molecule has 0 aromatic carbocycles. The van der Waals surface area contributed by atoms with Gasteiger partial charge in [-0.3, -0.25) is 4.68 Å². The van der Waals surface area contributed by atoms with Gasteiger partial charge in [0.05, 0.1) is 12.8 Å². The van der Waals surface area contributed by atoms with Crippen LogP contribution in [-0.4, -0.2) is 42.2 Å². The number of aromatic nitrogens is 2. The van der Waals surface area contributed by atoms with Crippen molar-refractivity contribution in [2.45, 2.75) is 38.5 Å². The Hall–Kier alpha value is -0.910. The number of nitrogens with zero attached hydrogens (tertiary/aromatic N) is 2. The van der Waals surface area contributed by atoms with Crippen molar-refractivity contribution in [1.82, 2.24) is 15.1 Å². The summed E-state index contributed by atoms with van der Waals surface area (Å²) in [6.45, 7) is 7.42. The average molecular weight is 253 g/mol. The van der Waals surface area contributed by atoms with Crippen molar-refractivity contribution in [2.75, 3.05) is 26.9 Å². The lowest BCUT2D eigenvalue weighted by Gasteiger charge is -2.27. The lowest BCUT2D eigenvalue weighted by atomic mass is 10.0. The van der Waals surface area contributed by atoms with Crippen LogP contribution in [0, 0.1) is 0 Å². The molecule has 2 rings (SSSR count). The van der Waals surface area contributed by atoms with E-state index in [9.17, 15) is 0 Å². The zero-order valence-electron chi connectivity index (χ0n) is 11.5. The van der Waals surface area contributed by atoms with Crippen molar-refractivity contribution in [3.8, 4) is 0 Å². The summed E-state index contributed by atoms with van der Waals surface area (Å²) in [4.78, 5) is 0. The van der Waals surface area contributed by atoms with Crippen molar-refractivity contribution < 1.29 is 9.47 Å². The predicted molar refractivity (Wildman–Crippen MR) is 69.5 cm³/mol. The third kappa shape index (κ3) is 2.91. The molecule has 18 heavy (non-hydrogen) atoms. The molecule has 5 heteroatoms. The molecule has 0 saturated carbocycles. The first-order valence-corrected chi connectivity index (χ1v) is 6.58. The lowest BCUT2D eigenvalue weighted by Crippen LogP contribution is -2.43. The van der Waals surface area contributed by atoms with Gasteiger partial charge >= 0.3 is 0 Å². The Morgan fingerprint density at radius 3 is 3.06 bits per heavy atom. The van der Waals surface area contributed by atoms with Crippen molar-refractivity contribution in [2.24, 2.45) is 0 Å². The zero-order chi connectivity index (χ0) is 13.0. The number of ether oxygens (including phenoxy) is 2. The van der Waals surface area contributed by atoms with Crippen molar-refractivity contribution in [3.63, 3.8) is 0 Å². The van der Waals surface area contributed by atoms with E-state index in [2.05, 4.69) is 30.5 Å². The van der Waals surface area contributed by atoms with Gasteiger partial charge in [0.15, 0.2) is 0 Å². The summed E-state index contributed by atoms with van der Waals surface area (Å²) in [5, 5.41) is 7.81. The van der Waals surface area contributed by atoms with Crippen LogP contribution >= 0.6 is 0 Å². The smallest absolute Gasteiger partial charge is 0.106 e. The first kappa shape index (κ1) is 13.5. The first-order valence-electron chi connectivity index (χ1n) is 6.58. The fourth-order valence-electron chi connectivity index (χ4n) is 2.19. The molecule has 0 radical (unpaired) electrons. The molecule has 1 N–H and O–H groups in total. The average Bonchev–Trinajstić information content (AvgIpc) is 3.05. The Bertz CT molecular complexity index is 372. The Kier molecular flexibility index (Phi) is 4.37. The van der Waals surface area contributed by atoms with E-state index in [-0.39, 0.29) is 11.6 Å². The maximum absolute atomic E-state index is 5.60. The topological polar surface area (TPSA) is 48.3 Å². The molecule has 1 aromatic heterocycles. The van der Waals surface area contributed by atoms with E-state index in [1.165, 1.54) is 5.56 Å². The molecule has 1 saturated heterocycles. The van der Waals surface area contributed by atoms with Gasteiger partial charge in [-0.1, -0.05) is 0 Å². The standard InChI is InChI=1S/C13H23N3O2/c1-4-16-8-12(7-15-16)11(2)14-9-13(17-3)5-6-18-10-13/h7-8,11,14H,4-6,9-10H2,1-3H3. The Morgan fingerprint density at radius 1 is 1.67 bits per heavy atom. The summed E-state index contributed by atoms with van der Waals surface area (Å²) in [7, 11) is 1.76. The predicted octanol–water partition coefficient (Wildman–Crippen LogP) is 1.36. The molecule has 2 unspecified atom stereocenters. The second-order valence-corrected chi connectivity index (χ2v) is 4.92. The third-order valence-corrected chi connectivity index (χ3v) is 3.71. The van der Waals surface area contributed by atoms with E-state index in [0.717, 1.165) is 26.1 Å². The number of hydrogen-bond donors (Lipinski definition) is 1. The number of hydrogen-bond acceptors (Lipinski definition) is 4. The van der Waals surface area contributed by atoms with Crippen molar-refractivity contribution in [1.29, 1.82) is 0 Å². The van der Waals surface area contributed by atoms with Crippen molar-refractivity contribution >= 4 is 0 Å². The fraction of sp³-hybridized carbons (Fsp3) is 0.769. The third-order valence-electron chi connectivity index (χ3n) is 3.71. The van der Waals surface area contributed by atoms with Gasteiger partial charge in [0.25, 0.3) is 0 Å². The molecule has 2 heterocycles. The Balaban J connectivity index is 1.89. The molecule has 0 amide bonds. The second kappa shape index (κ2) is 5.82. The molecule has 1 aliphatic rings. The summed E-state index contributed by atoms with van der Waals surface area (Å²) in [6.07, 6.45) is 4.96. The van der Waals surface area contributed by atoms with Crippen LogP contribution in [0.3, 0.4) is 0 Å². The Morgan fingerprint density at radius 2 is 2.50 bits per heavy atom. The van der Waals surface area contributed by atoms with Crippen LogP contribution in [0.5, 0.6) is 0 Å². The SMILES string of the molecule is CCn1cc(C(C)NCC2(OC)CCOC2)cn1. The largest absolute Gasteiger partial charge is 0.378 e. The maximum atomic E-state index is 5.60. The minimum Gasteiger partial charge on any atom is -0.378 e. The highest BCUT2D eigenvalue weighted by molar-refractivity contribution is 5.09. The number of methoxy groups -OCH3 is 1. The van der Waals surface area contributed by atoms with Crippen LogP contribution in [0.25, 0.3) is 0 Å². The summed E-state index contributed by atoms with van der Waals surface area (Å²) < 4.78 is 13.0. The van der Waals surface area contributed by atoms with Gasteiger partial charge in [-0.05, 0) is 13.8 Å². The van der Waals surface area contributed by atoms with Gasteiger partial charge in [-0.2, -0.15) is 5.10 Å². The summed E-state index contributed by atoms with van der Waals surface area (Å²) in [6, 6.07) is 0.276. The van der Waals surface area contributed by atoms with Crippen LogP contribution in [0.15, 0.2) is 12.4 Å². The quantitative estimate of drug-likeness (QED) is 0.831. The van der Waals surface area contributed by atoms with Gasteiger partial charge in [-0.25, -0.2) is 0 Å². The summed E-state index contributed by atoms with van der Waals surface area (Å²) >= 11 is 0. The molecule has 2 atom stereocenters. The van der Waals surface area contributed by atoms with Gasteiger partial charge in [0.2, 0.25) is 0 Å². The maximum Gasteiger partial charge on any atom is 0.106 e. The van der Waals surface area contributed by atoms with E-state index in [1.807, 2.05) is 10.9 Å². The highest BCUT2D eigenvalue weighted by atomic mass is 16.5. The molecular weight excluding hydrogens is 230 g/mol. The van der Waals surface area contributed by atoms with Crippen LogP contribution in [0.4, 0.5) is 0 Å². The van der Waals surface area contributed by atoms with E-state index in [1.54, 1.807) is 7.11 Å². The van der Waals surface area contributed by atoms with E-state index >= 15 is 0 Å². The second-order valence-electron chi connectivity index (χ2n) is 4.92. The molecule has 102 valence electrons. The molecule has 0 spiro atoms. The highest BCUT2D eigenvalue weighted by Gasteiger charge is 2.34. The van der Waals surface area contributed by atoms with E-state index in [4.69, 9.17) is 9.47 Å². The highest BCUT2D eigenvalue weighted by Crippen LogP contribution is 2.23. The van der Waals surface area contributed by atoms with E-state index in [0.29, 0.717) is 6.61 Å². The van der Waals surface area contributed by atoms with Gasteiger partial charge in [0, 0.05) is 51.0 Å².